The standard InChI is InChI=1S/C13H19F2NS/c1-5-6-7-17-12(9-16-4)10(2)8-11(3)13(14)15/h9,13H,2-8H2,1H3/b12-9-. The molecule has 0 aliphatic heterocycles. The summed E-state index contributed by atoms with van der Waals surface area (Å²) in [5, 5.41) is 0. The number of aliphatic imine (C=N–C) groups is 1. The molecule has 0 spiro atoms. The Kier molecular flexibility index (Phi) is 8.68. The molecule has 0 aromatic heterocycles. The minimum absolute atomic E-state index is 0.109. The number of hydrogen-bond donors (Lipinski definition) is 0. The smallest absolute Gasteiger partial charge is 0.259 e. The maximum absolute atomic E-state index is 12.3. The van der Waals surface area contributed by atoms with Gasteiger partial charge < -0.3 is 0 Å². The number of thioether (sulfide) groups is 1. The van der Waals surface area contributed by atoms with Crippen LogP contribution in [0.1, 0.15) is 26.2 Å². The van der Waals surface area contributed by atoms with E-state index >= 15 is 0 Å². The summed E-state index contributed by atoms with van der Waals surface area (Å²) < 4.78 is 24.7. The Bertz CT molecular complexity index is 309. The Balaban J connectivity index is 4.40. The SMILES string of the molecule is C=N/C=C(\SCCCC)C(=C)CC(=C)C(F)F. The Morgan fingerprint density at radius 3 is 2.53 bits per heavy atom. The molecule has 0 aromatic rings. The van der Waals surface area contributed by atoms with Gasteiger partial charge in [0.2, 0.25) is 0 Å². The largest absolute Gasteiger partial charge is 0.271 e. The van der Waals surface area contributed by atoms with E-state index < -0.39 is 6.43 Å². The number of rotatable bonds is 9. The zero-order valence-electron chi connectivity index (χ0n) is 10.2. The van der Waals surface area contributed by atoms with Crippen molar-refractivity contribution in [2.24, 2.45) is 4.99 Å². The molecule has 0 rings (SSSR count). The molecule has 0 amide bonds. The lowest BCUT2D eigenvalue weighted by atomic mass is 10.1. The van der Waals surface area contributed by atoms with Crippen molar-refractivity contribution in [1.29, 1.82) is 0 Å². The molecular formula is C13H19F2NS. The first kappa shape index (κ1) is 16.1. The van der Waals surface area contributed by atoms with Gasteiger partial charge in [0.25, 0.3) is 6.43 Å². The molecular weight excluding hydrogens is 240 g/mol. The van der Waals surface area contributed by atoms with Gasteiger partial charge in [-0.2, -0.15) is 0 Å². The van der Waals surface area contributed by atoms with Gasteiger partial charge in [0.15, 0.2) is 0 Å². The molecule has 96 valence electrons. The lowest BCUT2D eigenvalue weighted by Crippen LogP contribution is -1.98. The van der Waals surface area contributed by atoms with E-state index in [0.717, 1.165) is 23.5 Å². The Hall–Kier alpha value is -0.900. The van der Waals surface area contributed by atoms with Crippen LogP contribution in [0.15, 0.2) is 40.4 Å². The van der Waals surface area contributed by atoms with Gasteiger partial charge >= 0.3 is 0 Å². The molecule has 0 fully saturated rings. The summed E-state index contributed by atoms with van der Waals surface area (Å²) >= 11 is 1.57. The third-order valence-corrected chi connectivity index (χ3v) is 3.26. The van der Waals surface area contributed by atoms with Crippen LogP contribution < -0.4 is 0 Å². The van der Waals surface area contributed by atoms with Crippen LogP contribution in [-0.4, -0.2) is 18.9 Å². The highest BCUT2D eigenvalue weighted by atomic mass is 32.2. The third kappa shape index (κ3) is 7.10. The Morgan fingerprint density at radius 2 is 2.06 bits per heavy atom. The second-order valence-electron chi connectivity index (χ2n) is 3.62. The van der Waals surface area contributed by atoms with Crippen molar-refractivity contribution in [3.63, 3.8) is 0 Å². The van der Waals surface area contributed by atoms with Crippen LogP contribution in [0.5, 0.6) is 0 Å². The summed E-state index contributed by atoms with van der Waals surface area (Å²) in [6.07, 6.45) is 1.35. The summed E-state index contributed by atoms with van der Waals surface area (Å²) in [6, 6.07) is 0. The lowest BCUT2D eigenvalue weighted by Gasteiger charge is -2.11. The highest BCUT2D eigenvalue weighted by Gasteiger charge is 2.12. The zero-order chi connectivity index (χ0) is 13.3. The maximum Gasteiger partial charge on any atom is 0.259 e. The molecule has 17 heavy (non-hydrogen) atoms. The fourth-order valence-corrected chi connectivity index (χ4v) is 2.16. The van der Waals surface area contributed by atoms with E-state index in [1.165, 1.54) is 0 Å². The van der Waals surface area contributed by atoms with Crippen molar-refractivity contribution in [3.8, 4) is 0 Å². The van der Waals surface area contributed by atoms with Crippen LogP contribution in [0, 0.1) is 0 Å². The summed E-state index contributed by atoms with van der Waals surface area (Å²) in [6.45, 7) is 12.6. The van der Waals surface area contributed by atoms with Crippen LogP contribution >= 0.6 is 11.8 Å². The van der Waals surface area contributed by atoms with Gasteiger partial charge in [-0.05, 0) is 36.5 Å². The van der Waals surface area contributed by atoms with E-state index in [-0.39, 0.29) is 12.0 Å². The molecule has 0 saturated heterocycles. The third-order valence-electron chi connectivity index (χ3n) is 2.06. The number of hydrogen-bond acceptors (Lipinski definition) is 2. The average molecular weight is 259 g/mol. The summed E-state index contributed by atoms with van der Waals surface area (Å²) in [4.78, 5) is 4.49. The second kappa shape index (κ2) is 9.16. The molecule has 0 bridgehead atoms. The van der Waals surface area contributed by atoms with Crippen LogP contribution in [0.25, 0.3) is 0 Å². The number of allylic oxidation sites excluding steroid dienone is 2. The predicted octanol–water partition coefficient (Wildman–Crippen LogP) is 4.83. The van der Waals surface area contributed by atoms with Crippen LogP contribution in [0.3, 0.4) is 0 Å². The number of alkyl halides is 2. The topological polar surface area (TPSA) is 12.4 Å². The van der Waals surface area contributed by atoms with Gasteiger partial charge in [-0.1, -0.05) is 26.5 Å². The number of nitrogens with zero attached hydrogens (tertiary/aromatic N) is 1. The van der Waals surface area contributed by atoms with Gasteiger partial charge in [0.05, 0.1) is 0 Å². The first-order valence-corrected chi connectivity index (χ1v) is 6.44. The van der Waals surface area contributed by atoms with Crippen molar-refractivity contribution in [1.82, 2.24) is 0 Å². The van der Waals surface area contributed by atoms with E-state index in [1.54, 1.807) is 18.0 Å². The second-order valence-corrected chi connectivity index (χ2v) is 4.75. The molecule has 0 atom stereocenters. The van der Waals surface area contributed by atoms with Gasteiger partial charge in [0, 0.05) is 11.1 Å². The quantitative estimate of drug-likeness (QED) is 0.250. The van der Waals surface area contributed by atoms with Gasteiger partial charge in [-0.3, -0.25) is 4.99 Å². The normalized spacial score (nSPS) is 11.6. The van der Waals surface area contributed by atoms with Crippen LogP contribution in [0.4, 0.5) is 8.78 Å². The van der Waals surface area contributed by atoms with Gasteiger partial charge in [-0.25, -0.2) is 8.78 Å². The summed E-state index contributed by atoms with van der Waals surface area (Å²) in [7, 11) is 0. The first-order chi connectivity index (χ1) is 8.02. The first-order valence-electron chi connectivity index (χ1n) is 5.45. The predicted molar refractivity (Wildman–Crippen MR) is 73.9 cm³/mol. The number of unbranched alkanes of at least 4 members (excludes halogenated alkanes) is 1. The molecule has 0 radical (unpaired) electrons. The maximum atomic E-state index is 12.3. The summed E-state index contributed by atoms with van der Waals surface area (Å²) in [5.74, 6) is 0.929. The van der Waals surface area contributed by atoms with Crippen molar-refractivity contribution in [3.05, 3.63) is 35.4 Å². The van der Waals surface area contributed by atoms with E-state index in [2.05, 4.69) is 31.8 Å². The van der Waals surface area contributed by atoms with Crippen LogP contribution in [-0.2, 0) is 0 Å². The summed E-state index contributed by atoms with van der Waals surface area (Å²) in [5.41, 5.74) is 0.518. The molecule has 0 aliphatic carbocycles. The molecule has 1 nitrogen and oxygen atoms in total. The van der Waals surface area contributed by atoms with Crippen molar-refractivity contribution in [2.75, 3.05) is 5.75 Å². The number of halogens is 2. The van der Waals surface area contributed by atoms with E-state index in [9.17, 15) is 8.78 Å². The fraction of sp³-hybridized carbons (Fsp3) is 0.462. The van der Waals surface area contributed by atoms with Crippen molar-refractivity contribution in [2.45, 2.75) is 32.6 Å². The molecule has 0 heterocycles. The highest BCUT2D eigenvalue weighted by molar-refractivity contribution is 8.03. The molecule has 0 aliphatic rings. The average Bonchev–Trinajstić information content (AvgIpc) is 2.27. The minimum atomic E-state index is -2.50. The Labute approximate surface area is 106 Å². The molecule has 0 N–H and O–H groups in total. The van der Waals surface area contributed by atoms with Gasteiger partial charge in [0.1, 0.15) is 0 Å². The molecule has 0 saturated carbocycles. The van der Waals surface area contributed by atoms with E-state index in [0.29, 0.717) is 5.57 Å². The van der Waals surface area contributed by atoms with Gasteiger partial charge in [-0.15, -0.1) is 11.8 Å². The zero-order valence-corrected chi connectivity index (χ0v) is 11.0. The highest BCUT2D eigenvalue weighted by Crippen LogP contribution is 2.29. The lowest BCUT2D eigenvalue weighted by molar-refractivity contribution is 0.187. The minimum Gasteiger partial charge on any atom is -0.271 e. The molecule has 0 unspecified atom stereocenters. The van der Waals surface area contributed by atoms with E-state index in [1.807, 2.05) is 0 Å². The van der Waals surface area contributed by atoms with Crippen molar-refractivity contribution >= 4 is 18.5 Å². The van der Waals surface area contributed by atoms with Crippen molar-refractivity contribution < 1.29 is 8.78 Å². The molecule has 0 aromatic carbocycles. The fourth-order valence-electron chi connectivity index (χ4n) is 1.08. The van der Waals surface area contributed by atoms with Crippen LogP contribution in [0.2, 0.25) is 0 Å². The monoisotopic (exact) mass is 259 g/mol. The molecule has 4 heteroatoms. The van der Waals surface area contributed by atoms with E-state index in [4.69, 9.17) is 0 Å². The Morgan fingerprint density at radius 1 is 1.41 bits per heavy atom.